The van der Waals surface area contributed by atoms with Crippen LogP contribution < -0.4 is 9.30 Å². The minimum absolute atomic E-state index is 0.0846. The van der Waals surface area contributed by atoms with E-state index < -0.39 is 0 Å². The quantitative estimate of drug-likeness (QED) is 0.135. The van der Waals surface area contributed by atoms with E-state index in [4.69, 9.17) is 9.72 Å². The molecule has 2 atom stereocenters. The van der Waals surface area contributed by atoms with Crippen molar-refractivity contribution in [3.8, 4) is 23.0 Å². The zero-order valence-electron chi connectivity index (χ0n) is 39.3. The van der Waals surface area contributed by atoms with Crippen molar-refractivity contribution in [2.75, 3.05) is 0 Å². The Morgan fingerprint density at radius 1 is 0.652 bits per heavy atom. The third-order valence-corrected chi connectivity index (χ3v) is 17.4. The highest BCUT2D eigenvalue weighted by Gasteiger charge is 2.59. The molecular weight excluding hydrogens is 841 g/mol. The van der Waals surface area contributed by atoms with E-state index in [9.17, 15) is 0 Å². The number of hydrogen-bond acceptors (Lipinski definition) is 2. The van der Waals surface area contributed by atoms with Crippen LogP contribution >= 0.6 is 0 Å². The molecule has 3 heterocycles. The monoisotopic (exact) mass is 899 g/mol. The molecule has 0 spiro atoms. The third kappa shape index (κ3) is 6.71. The Morgan fingerprint density at radius 2 is 1.49 bits per heavy atom. The fraction of sp³-hybridized carbons (Fsp3) is 0.281. The maximum atomic E-state index is 6.93. The molecule has 2 unspecified atom stereocenters. The summed E-state index contributed by atoms with van der Waals surface area (Å²) in [7, 11) is 0. The molecule has 5 nitrogen and oxygen atoms in total. The van der Waals surface area contributed by atoms with Gasteiger partial charge in [-0.15, -0.1) is 0 Å². The molecule has 0 saturated heterocycles. The summed E-state index contributed by atoms with van der Waals surface area (Å²) < 4.78 is 14.2. The first-order chi connectivity index (χ1) is 34.2. The van der Waals surface area contributed by atoms with Crippen molar-refractivity contribution < 1.29 is 9.30 Å². The van der Waals surface area contributed by atoms with Crippen molar-refractivity contribution in [3.05, 3.63) is 211 Å². The van der Waals surface area contributed by atoms with Crippen LogP contribution in [0, 0.1) is 35.5 Å². The van der Waals surface area contributed by atoms with Crippen LogP contribution in [0.4, 0.5) is 0 Å². The molecule has 15 rings (SSSR count). The van der Waals surface area contributed by atoms with Gasteiger partial charge in [-0.3, -0.25) is 4.57 Å². The maximum absolute atomic E-state index is 6.93. The largest absolute Gasteiger partial charge is 0.457 e. The Balaban J connectivity index is 0.850. The van der Waals surface area contributed by atoms with Gasteiger partial charge in [-0.25, -0.2) is 4.98 Å². The number of para-hydroxylation sites is 3. The molecule has 0 radical (unpaired) electrons. The van der Waals surface area contributed by atoms with Gasteiger partial charge in [-0.1, -0.05) is 115 Å². The van der Waals surface area contributed by atoms with E-state index in [1.165, 1.54) is 76.3 Å². The first kappa shape index (κ1) is 41.0. The molecule has 4 aromatic carbocycles. The van der Waals surface area contributed by atoms with E-state index in [1.807, 2.05) is 0 Å². The second-order valence-corrected chi connectivity index (χ2v) is 21.1. The summed E-state index contributed by atoms with van der Waals surface area (Å²) in [4.78, 5) is 5.22. The number of hydrogen-bond donors (Lipinski definition) is 0. The van der Waals surface area contributed by atoms with Crippen molar-refractivity contribution in [1.82, 2.24) is 14.1 Å². The normalized spacial score (nSPS) is 27.0. The van der Waals surface area contributed by atoms with Gasteiger partial charge >= 0.3 is 0 Å². The molecule has 4 saturated carbocycles. The van der Waals surface area contributed by atoms with E-state index in [2.05, 4.69) is 202 Å². The molecule has 69 heavy (non-hydrogen) atoms. The number of benzene rings is 4. The lowest BCUT2D eigenvalue weighted by molar-refractivity contribution is -0.558. The summed E-state index contributed by atoms with van der Waals surface area (Å²) in [5.41, 5.74) is 13.1. The topological polar surface area (TPSA) is 35.9 Å². The number of allylic oxidation sites excluding steroid dienone is 16. The number of ether oxygens (including phenoxy) is 1. The summed E-state index contributed by atoms with van der Waals surface area (Å²) in [6, 6.07) is 37.8. The van der Waals surface area contributed by atoms with Crippen LogP contribution in [0.3, 0.4) is 0 Å². The third-order valence-electron chi connectivity index (χ3n) is 17.4. The Hall–Kier alpha value is -6.98. The molecule has 4 bridgehead atoms. The predicted octanol–water partition coefficient (Wildman–Crippen LogP) is 15.4. The van der Waals surface area contributed by atoms with Gasteiger partial charge in [0.25, 0.3) is 6.33 Å². The van der Waals surface area contributed by atoms with Crippen molar-refractivity contribution in [2.24, 2.45) is 35.5 Å². The molecule has 5 heteroatoms. The summed E-state index contributed by atoms with van der Waals surface area (Å²) in [6.07, 6.45) is 46.1. The minimum Gasteiger partial charge on any atom is -0.457 e. The number of nitrogens with zero attached hydrogens (tertiary/aromatic N) is 4. The molecule has 4 fully saturated rings. The Bertz CT molecular complexity index is 3440. The molecule has 0 amide bonds. The van der Waals surface area contributed by atoms with Crippen molar-refractivity contribution in [3.63, 3.8) is 0 Å². The van der Waals surface area contributed by atoms with Gasteiger partial charge in [-0.2, -0.15) is 9.13 Å². The van der Waals surface area contributed by atoms with Gasteiger partial charge in [0.2, 0.25) is 0 Å². The lowest BCUT2D eigenvalue weighted by atomic mass is 9.41. The molecule has 340 valence electrons. The SMILES string of the molecule is C1=CCCC(C2(c3ccnc(-n4c5ccccc5c5ccc(Oc6cccc(-n7c[n+](C8=C(C9C=CC=CC9)C=CCC8C8=CCCC=C8)c8ccccc87)c6)cc54)c3)C3CC4CC(C3)CC2C4)=C1. The first-order valence-electron chi connectivity index (χ1n) is 25.9. The van der Waals surface area contributed by atoms with Crippen molar-refractivity contribution >= 4 is 38.5 Å². The van der Waals surface area contributed by atoms with Crippen LogP contribution in [0.15, 0.2) is 205 Å². The summed E-state index contributed by atoms with van der Waals surface area (Å²) in [5, 5.41) is 2.43. The second kappa shape index (κ2) is 16.6. The lowest BCUT2D eigenvalue weighted by Crippen LogP contribution is -2.56. The number of pyridine rings is 1. The van der Waals surface area contributed by atoms with Gasteiger partial charge in [0, 0.05) is 51.9 Å². The van der Waals surface area contributed by atoms with E-state index in [0.29, 0.717) is 17.8 Å². The van der Waals surface area contributed by atoms with Crippen LogP contribution in [0.2, 0.25) is 0 Å². The van der Waals surface area contributed by atoms with Gasteiger partial charge in [-0.05, 0) is 160 Å². The fourth-order valence-corrected chi connectivity index (χ4v) is 14.8. The highest BCUT2D eigenvalue weighted by atomic mass is 16.5. The number of fused-ring (bicyclic) bond motifs is 4. The average Bonchev–Trinajstić information content (AvgIpc) is 3.95. The molecule has 0 aliphatic heterocycles. The number of imidazole rings is 1. The zero-order valence-corrected chi connectivity index (χ0v) is 39.3. The van der Waals surface area contributed by atoms with Crippen molar-refractivity contribution in [2.45, 2.75) is 76.0 Å². The smallest absolute Gasteiger partial charge is 0.254 e. The van der Waals surface area contributed by atoms with Crippen LogP contribution in [-0.2, 0) is 5.41 Å². The van der Waals surface area contributed by atoms with Gasteiger partial charge in [0.15, 0.2) is 11.0 Å². The molecule has 7 aromatic rings. The zero-order chi connectivity index (χ0) is 45.5. The van der Waals surface area contributed by atoms with Crippen LogP contribution in [0.25, 0.3) is 50.0 Å². The van der Waals surface area contributed by atoms with Crippen LogP contribution in [-0.4, -0.2) is 14.1 Å². The average molecular weight is 900 g/mol. The molecular formula is C64H59N4O+. The van der Waals surface area contributed by atoms with Crippen LogP contribution in [0.1, 0.15) is 76.2 Å². The predicted molar refractivity (Wildman–Crippen MR) is 281 cm³/mol. The number of rotatable bonds is 9. The molecule has 0 N–H and O–H groups in total. The molecule has 3 aromatic heterocycles. The van der Waals surface area contributed by atoms with E-state index >= 15 is 0 Å². The van der Waals surface area contributed by atoms with Crippen LogP contribution in [0.5, 0.6) is 11.5 Å². The second-order valence-electron chi connectivity index (χ2n) is 21.1. The highest BCUT2D eigenvalue weighted by Crippen LogP contribution is 2.66. The molecule has 8 aliphatic carbocycles. The Labute approximate surface area is 405 Å². The minimum atomic E-state index is 0.0846. The first-order valence-corrected chi connectivity index (χ1v) is 25.9. The van der Waals surface area contributed by atoms with Gasteiger partial charge < -0.3 is 4.74 Å². The van der Waals surface area contributed by atoms with E-state index in [1.54, 1.807) is 5.57 Å². The maximum Gasteiger partial charge on any atom is 0.254 e. The summed E-state index contributed by atoms with van der Waals surface area (Å²) in [6.45, 7) is 0. The van der Waals surface area contributed by atoms with Crippen molar-refractivity contribution in [1.29, 1.82) is 0 Å². The standard InChI is InChI=1S/C64H59N4O/c1-4-16-45(17-5-1)54-25-15-26-55(46-18-6-2-7-19-46)63(54)67-42-66(59-28-12-13-29-60(59)67)51-22-14-23-52(40-51)69-53-30-31-57-56-24-10-11-27-58(56)68(61(57)41-53)62-39-48(32-33-65-62)64(47-20-8-3-9-21-47)49-35-43-34-44(37-49)38-50(64)36-43/h1,3-6,8,10-16,18-20,22-25,27-33,39-45,49-50,55H,2,7,9,17,21,26,34-38H2/q+1. The lowest BCUT2D eigenvalue weighted by Gasteiger charge is -2.62. The number of aromatic nitrogens is 4. The molecule has 8 aliphatic rings. The Morgan fingerprint density at radius 3 is 2.32 bits per heavy atom. The van der Waals surface area contributed by atoms with E-state index in [0.717, 1.165) is 84.4 Å². The van der Waals surface area contributed by atoms with Gasteiger partial charge in [0.05, 0.1) is 11.0 Å². The van der Waals surface area contributed by atoms with Gasteiger partial charge in [0.1, 0.15) is 28.7 Å². The highest BCUT2D eigenvalue weighted by molar-refractivity contribution is 6.09. The Kier molecular flexibility index (Phi) is 9.88. The summed E-state index contributed by atoms with van der Waals surface area (Å²) in [5.74, 6) is 6.41. The fourth-order valence-electron chi connectivity index (χ4n) is 14.8. The summed E-state index contributed by atoms with van der Waals surface area (Å²) >= 11 is 0. The van der Waals surface area contributed by atoms with E-state index in [-0.39, 0.29) is 11.3 Å².